The van der Waals surface area contributed by atoms with Gasteiger partial charge in [0.1, 0.15) is 12.2 Å². The van der Waals surface area contributed by atoms with E-state index in [4.69, 9.17) is 4.74 Å². The number of aryl methyl sites for hydroxylation is 1. The fraction of sp³-hybridized carbons (Fsp3) is 0.500. The second kappa shape index (κ2) is 11.6. The molecule has 2 aromatic rings. The number of aliphatic imine (C=N–C) groups is 1. The maximum absolute atomic E-state index is 12.4. The maximum Gasteiger partial charge on any atom is 0.240 e. The van der Waals surface area contributed by atoms with Gasteiger partial charge in [-0.25, -0.2) is 18.1 Å². The Bertz CT molecular complexity index is 926. The summed E-state index contributed by atoms with van der Waals surface area (Å²) in [4.78, 5) is 8.56. The molecule has 1 unspecified atom stereocenters. The van der Waals surface area contributed by atoms with E-state index in [1.807, 2.05) is 7.05 Å². The van der Waals surface area contributed by atoms with Crippen molar-refractivity contribution in [3.05, 3.63) is 42.0 Å². The molecule has 10 nitrogen and oxygen atoms in total. The van der Waals surface area contributed by atoms with Gasteiger partial charge in [0.2, 0.25) is 10.0 Å². The minimum atomic E-state index is -3.54. The quantitative estimate of drug-likeness (QED) is 0.253. The van der Waals surface area contributed by atoms with Crippen molar-refractivity contribution in [1.82, 2.24) is 30.1 Å². The van der Waals surface area contributed by atoms with Crippen LogP contribution in [0, 0.1) is 0 Å². The molecule has 1 aromatic heterocycles. The van der Waals surface area contributed by atoms with Gasteiger partial charge < -0.3 is 15.4 Å². The average Bonchev–Trinajstić information content (AvgIpc) is 3.39. The highest BCUT2D eigenvalue weighted by Crippen LogP contribution is 2.14. The minimum Gasteiger partial charge on any atom is -0.377 e. The maximum atomic E-state index is 12.4. The molecular weight excluding hydrogens is 521 g/mol. The van der Waals surface area contributed by atoms with Gasteiger partial charge in [-0.3, -0.25) is 9.67 Å². The molecule has 3 N–H and O–H groups in total. The first kappa shape index (κ1) is 24.5. The Labute approximate surface area is 194 Å². The van der Waals surface area contributed by atoms with Crippen molar-refractivity contribution in [3.8, 4) is 0 Å². The molecule has 2 heterocycles. The summed E-state index contributed by atoms with van der Waals surface area (Å²) in [5.41, 5.74) is 0.935. The molecule has 1 aromatic carbocycles. The molecule has 3 rings (SSSR count). The van der Waals surface area contributed by atoms with Crippen LogP contribution < -0.4 is 15.4 Å². The second-order valence-corrected chi connectivity index (χ2v) is 8.48. The van der Waals surface area contributed by atoms with Crippen molar-refractivity contribution in [2.24, 2.45) is 12.0 Å². The zero-order chi connectivity index (χ0) is 20.7. The van der Waals surface area contributed by atoms with Gasteiger partial charge in [-0.1, -0.05) is 12.1 Å². The summed E-state index contributed by atoms with van der Waals surface area (Å²) in [7, 11) is -0.0331. The molecular formula is C18H28IN7O3S. The lowest BCUT2D eigenvalue weighted by atomic mass is 10.2. The number of nitrogens with zero attached hydrogens (tertiary/aromatic N) is 4. The minimum absolute atomic E-state index is 0. The van der Waals surface area contributed by atoms with E-state index in [9.17, 15) is 8.42 Å². The zero-order valence-corrected chi connectivity index (χ0v) is 20.2. The van der Waals surface area contributed by atoms with Crippen LogP contribution in [-0.2, 0) is 34.9 Å². The Morgan fingerprint density at radius 2 is 2.00 bits per heavy atom. The van der Waals surface area contributed by atoms with Crippen LogP contribution in [0.3, 0.4) is 0 Å². The second-order valence-electron chi connectivity index (χ2n) is 6.71. The lowest BCUT2D eigenvalue weighted by Crippen LogP contribution is -2.37. The van der Waals surface area contributed by atoms with Gasteiger partial charge in [0, 0.05) is 33.8 Å². The van der Waals surface area contributed by atoms with E-state index < -0.39 is 10.0 Å². The summed E-state index contributed by atoms with van der Waals surface area (Å²) in [5, 5.41) is 10.4. The normalized spacial score (nSPS) is 16.9. The first-order valence-corrected chi connectivity index (χ1v) is 10.9. The predicted molar refractivity (Wildman–Crippen MR) is 124 cm³/mol. The Kier molecular flexibility index (Phi) is 9.45. The SMILES string of the molecule is CN=C(NCc1ccc(S(=O)(=O)NCC2CCCO2)cc1)NCc1ncnn1C.I. The van der Waals surface area contributed by atoms with Gasteiger partial charge in [-0.05, 0) is 30.5 Å². The third kappa shape index (κ3) is 6.89. The van der Waals surface area contributed by atoms with E-state index in [-0.39, 0.29) is 35.0 Å². The molecule has 30 heavy (non-hydrogen) atoms. The molecule has 12 heteroatoms. The number of hydrogen-bond donors (Lipinski definition) is 3. The molecule has 1 aliphatic rings. The van der Waals surface area contributed by atoms with Crippen LogP contribution in [0.15, 0.2) is 40.5 Å². The van der Waals surface area contributed by atoms with Crippen LogP contribution in [0.2, 0.25) is 0 Å². The predicted octanol–water partition coefficient (Wildman–Crippen LogP) is 0.756. The van der Waals surface area contributed by atoms with Gasteiger partial charge in [0.05, 0.1) is 17.5 Å². The number of nitrogens with one attached hydrogen (secondary N) is 3. The molecule has 0 radical (unpaired) electrons. The molecule has 0 amide bonds. The van der Waals surface area contributed by atoms with Gasteiger partial charge in [0.25, 0.3) is 0 Å². The van der Waals surface area contributed by atoms with Crippen molar-refractivity contribution < 1.29 is 13.2 Å². The number of aromatic nitrogens is 3. The summed E-state index contributed by atoms with van der Waals surface area (Å²) in [6.07, 6.45) is 3.33. The molecule has 1 aliphatic heterocycles. The molecule has 1 fully saturated rings. The largest absolute Gasteiger partial charge is 0.377 e. The fourth-order valence-electron chi connectivity index (χ4n) is 2.93. The van der Waals surface area contributed by atoms with E-state index in [0.717, 1.165) is 24.2 Å². The molecule has 166 valence electrons. The summed E-state index contributed by atoms with van der Waals surface area (Å²) in [6, 6.07) is 6.77. The Morgan fingerprint density at radius 1 is 1.27 bits per heavy atom. The van der Waals surface area contributed by atoms with Crippen LogP contribution in [0.5, 0.6) is 0 Å². The van der Waals surface area contributed by atoms with Crippen molar-refractivity contribution in [1.29, 1.82) is 0 Å². The van der Waals surface area contributed by atoms with E-state index in [0.29, 0.717) is 32.2 Å². The van der Waals surface area contributed by atoms with Gasteiger partial charge >= 0.3 is 0 Å². The molecule has 0 bridgehead atoms. The zero-order valence-electron chi connectivity index (χ0n) is 17.0. The highest BCUT2D eigenvalue weighted by Gasteiger charge is 2.20. The van der Waals surface area contributed by atoms with Crippen LogP contribution in [-0.4, -0.2) is 55.4 Å². The number of guanidine groups is 1. The smallest absolute Gasteiger partial charge is 0.240 e. The third-order valence-corrected chi connectivity index (χ3v) is 6.10. The first-order valence-electron chi connectivity index (χ1n) is 9.45. The van der Waals surface area contributed by atoms with E-state index in [2.05, 4.69) is 30.4 Å². The third-order valence-electron chi connectivity index (χ3n) is 4.66. The number of ether oxygens (including phenoxy) is 1. The summed E-state index contributed by atoms with van der Waals surface area (Å²) in [5.74, 6) is 1.40. The summed E-state index contributed by atoms with van der Waals surface area (Å²) >= 11 is 0. The highest BCUT2D eigenvalue weighted by molar-refractivity contribution is 14.0. The molecule has 0 saturated carbocycles. The van der Waals surface area contributed by atoms with Crippen molar-refractivity contribution in [3.63, 3.8) is 0 Å². The molecule has 0 spiro atoms. The Hall–Kier alpha value is -1.77. The molecule has 1 atom stereocenters. The van der Waals surface area contributed by atoms with Crippen LogP contribution in [0.1, 0.15) is 24.2 Å². The first-order chi connectivity index (χ1) is 14.0. The average molecular weight is 549 g/mol. The van der Waals surface area contributed by atoms with Crippen LogP contribution in [0.25, 0.3) is 0 Å². The number of benzene rings is 1. The highest BCUT2D eigenvalue weighted by atomic mass is 127. The van der Waals surface area contributed by atoms with Crippen LogP contribution >= 0.6 is 24.0 Å². The van der Waals surface area contributed by atoms with E-state index in [1.54, 1.807) is 36.0 Å². The summed E-state index contributed by atoms with van der Waals surface area (Å²) in [6.45, 7) is 2.00. The Balaban J connectivity index is 0.00000320. The van der Waals surface area contributed by atoms with E-state index in [1.165, 1.54) is 6.33 Å². The van der Waals surface area contributed by atoms with Crippen molar-refractivity contribution >= 4 is 40.0 Å². The number of halogens is 1. The monoisotopic (exact) mass is 549 g/mol. The lowest BCUT2D eigenvalue weighted by Gasteiger charge is -2.13. The Morgan fingerprint density at radius 3 is 2.60 bits per heavy atom. The van der Waals surface area contributed by atoms with Gasteiger partial charge in [0.15, 0.2) is 5.96 Å². The van der Waals surface area contributed by atoms with Gasteiger partial charge in [-0.2, -0.15) is 5.10 Å². The lowest BCUT2D eigenvalue weighted by molar-refractivity contribution is 0.114. The molecule has 1 saturated heterocycles. The summed E-state index contributed by atoms with van der Waals surface area (Å²) < 4.78 is 34.6. The number of hydrogen-bond acceptors (Lipinski definition) is 6. The number of rotatable bonds is 8. The molecule has 0 aliphatic carbocycles. The van der Waals surface area contributed by atoms with Crippen LogP contribution in [0.4, 0.5) is 0 Å². The standard InChI is InChI=1S/C18H27N7O3S.HI/c1-19-18(21-12-17-22-13-23-25(17)2)20-10-14-5-7-16(8-6-14)29(26,27)24-11-15-4-3-9-28-15;/h5-8,13,15,24H,3-4,9-12H2,1-2H3,(H2,19,20,21);1H. The van der Waals surface area contributed by atoms with Gasteiger partial charge in [-0.15, -0.1) is 24.0 Å². The number of sulfonamides is 1. The topological polar surface area (TPSA) is 123 Å². The van der Waals surface area contributed by atoms with Crippen molar-refractivity contribution in [2.75, 3.05) is 20.2 Å². The fourth-order valence-corrected chi connectivity index (χ4v) is 3.99. The van der Waals surface area contributed by atoms with Crippen molar-refractivity contribution in [2.45, 2.75) is 36.9 Å². The van der Waals surface area contributed by atoms with E-state index >= 15 is 0 Å².